The van der Waals surface area contributed by atoms with Gasteiger partial charge in [-0.25, -0.2) is 0 Å². The topological polar surface area (TPSA) is 36.4 Å². The molecule has 18 heavy (non-hydrogen) atoms. The van der Waals surface area contributed by atoms with Gasteiger partial charge in [-0.1, -0.05) is 19.8 Å². The highest BCUT2D eigenvalue weighted by atomic mass is 127. The summed E-state index contributed by atoms with van der Waals surface area (Å²) in [6.45, 7) is 5.34. The first kappa shape index (κ1) is 16.1. The van der Waals surface area contributed by atoms with Crippen LogP contribution in [0.3, 0.4) is 0 Å². The predicted octanol–water partition coefficient (Wildman–Crippen LogP) is 3.29. The Morgan fingerprint density at radius 1 is 1.06 bits per heavy atom. The van der Waals surface area contributed by atoms with Crippen LogP contribution in [0.1, 0.15) is 58.8 Å². The van der Waals surface area contributed by atoms with Gasteiger partial charge in [-0.05, 0) is 44.9 Å². The van der Waals surface area contributed by atoms with E-state index in [1.807, 2.05) is 0 Å². The Labute approximate surface area is 129 Å². The monoisotopic (exact) mass is 365 g/mol. The van der Waals surface area contributed by atoms with Crippen molar-refractivity contribution in [2.24, 2.45) is 10.9 Å². The van der Waals surface area contributed by atoms with Gasteiger partial charge in [-0.3, -0.25) is 4.99 Å². The number of guanidine groups is 1. The minimum Gasteiger partial charge on any atom is -0.354 e. The Morgan fingerprint density at radius 3 is 2.22 bits per heavy atom. The molecule has 0 aromatic heterocycles. The van der Waals surface area contributed by atoms with Crippen molar-refractivity contribution in [3.63, 3.8) is 0 Å². The second-order valence-corrected chi connectivity index (χ2v) is 5.71. The zero-order valence-electron chi connectivity index (χ0n) is 11.7. The van der Waals surface area contributed by atoms with Crippen LogP contribution in [0.5, 0.6) is 0 Å². The quantitative estimate of drug-likeness (QED) is 0.458. The summed E-state index contributed by atoms with van der Waals surface area (Å²) in [5.74, 6) is 1.92. The molecule has 2 N–H and O–H groups in total. The van der Waals surface area contributed by atoms with Crippen LogP contribution in [0.15, 0.2) is 4.99 Å². The molecule has 4 heteroatoms. The lowest BCUT2D eigenvalue weighted by molar-refractivity contribution is 0.319. The van der Waals surface area contributed by atoms with E-state index < -0.39 is 0 Å². The molecule has 106 valence electrons. The molecule has 2 rings (SSSR count). The minimum atomic E-state index is 0. The van der Waals surface area contributed by atoms with Crippen molar-refractivity contribution in [1.82, 2.24) is 10.6 Å². The fraction of sp³-hybridized carbons (Fsp3) is 0.929. The summed E-state index contributed by atoms with van der Waals surface area (Å²) in [7, 11) is 0. The molecule has 0 radical (unpaired) electrons. The number of nitrogens with zero attached hydrogens (tertiary/aromatic N) is 1. The van der Waals surface area contributed by atoms with Crippen molar-refractivity contribution in [2.45, 2.75) is 70.9 Å². The molecule has 2 fully saturated rings. The van der Waals surface area contributed by atoms with Crippen LogP contribution in [0.4, 0.5) is 0 Å². The Hall–Kier alpha value is 0. The summed E-state index contributed by atoms with van der Waals surface area (Å²) >= 11 is 0. The third kappa shape index (κ3) is 4.94. The second-order valence-electron chi connectivity index (χ2n) is 5.71. The zero-order chi connectivity index (χ0) is 12.1. The van der Waals surface area contributed by atoms with Crippen LogP contribution in [0.25, 0.3) is 0 Å². The van der Waals surface area contributed by atoms with E-state index in [1.54, 1.807) is 0 Å². The summed E-state index contributed by atoms with van der Waals surface area (Å²) in [5, 5.41) is 7.18. The molecule has 3 nitrogen and oxygen atoms in total. The number of nitrogens with one attached hydrogen (secondary N) is 2. The average molecular weight is 365 g/mol. The fourth-order valence-electron chi connectivity index (χ4n) is 2.80. The molecule has 0 aliphatic heterocycles. The Balaban J connectivity index is 0.00000162. The molecule has 0 bridgehead atoms. The predicted molar refractivity (Wildman–Crippen MR) is 88.7 cm³/mol. The van der Waals surface area contributed by atoms with Crippen LogP contribution in [0, 0.1) is 5.92 Å². The van der Waals surface area contributed by atoms with Gasteiger partial charge in [0.05, 0.1) is 0 Å². The molecule has 0 amide bonds. The molecule has 0 heterocycles. The maximum atomic E-state index is 4.56. The van der Waals surface area contributed by atoms with Crippen LogP contribution >= 0.6 is 24.0 Å². The summed E-state index contributed by atoms with van der Waals surface area (Å²) in [4.78, 5) is 4.56. The van der Waals surface area contributed by atoms with Crippen molar-refractivity contribution < 1.29 is 0 Å². The van der Waals surface area contributed by atoms with Gasteiger partial charge < -0.3 is 10.6 Å². The number of hydrogen-bond acceptors (Lipinski definition) is 1. The summed E-state index contributed by atoms with van der Waals surface area (Å²) < 4.78 is 0. The minimum absolute atomic E-state index is 0. The van der Waals surface area contributed by atoms with Gasteiger partial charge in [0.15, 0.2) is 5.96 Å². The maximum Gasteiger partial charge on any atom is 0.191 e. The van der Waals surface area contributed by atoms with Gasteiger partial charge >= 0.3 is 0 Å². The molecule has 2 aliphatic rings. The Morgan fingerprint density at radius 2 is 1.67 bits per heavy atom. The smallest absolute Gasteiger partial charge is 0.191 e. The van der Waals surface area contributed by atoms with E-state index in [-0.39, 0.29) is 24.0 Å². The van der Waals surface area contributed by atoms with E-state index in [0.29, 0.717) is 12.1 Å². The van der Waals surface area contributed by atoms with Gasteiger partial charge in [0, 0.05) is 18.6 Å². The molecule has 0 spiro atoms. The Kier molecular flexibility index (Phi) is 7.34. The third-order valence-corrected chi connectivity index (χ3v) is 4.04. The fourth-order valence-corrected chi connectivity index (χ4v) is 2.80. The SMILES string of the molecule is CCN=C(NC1CCC1)NC1CCCC(C)C1.I. The van der Waals surface area contributed by atoms with Crippen molar-refractivity contribution >= 4 is 29.9 Å². The van der Waals surface area contributed by atoms with Gasteiger partial charge in [0.1, 0.15) is 0 Å². The molecule has 2 unspecified atom stereocenters. The van der Waals surface area contributed by atoms with Gasteiger partial charge in [0.2, 0.25) is 0 Å². The highest BCUT2D eigenvalue weighted by Gasteiger charge is 2.22. The first-order valence-corrected chi connectivity index (χ1v) is 7.35. The van der Waals surface area contributed by atoms with E-state index in [9.17, 15) is 0 Å². The maximum absolute atomic E-state index is 4.56. The highest BCUT2D eigenvalue weighted by molar-refractivity contribution is 14.0. The molecule has 0 saturated heterocycles. The lowest BCUT2D eigenvalue weighted by Crippen LogP contribution is -2.50. The summed E-state index contributed by atoms with van der Waals surface area (Å²) in [5.41, 5.74) is 0. The Bertz CT molecular complexity index is 264. The summed E-state index contributed by atoms with van der Waals surface area (Å²) in [6, 6.07) is 1.31. The molecular weight excluding hydrogens is 337 g/mol. The van der Waals surface area contributed by atoms with Crippen LogP contribution in [-0.4, -0.2) is 24.6 Å². The van der Waals surface area contributed by atoms with Gasteiger partial charge in [0.25, 0.3) is 0 Å². The molecule has 2 saturated carbocycles. The lowest BCUT2D eigenvalue weighted by Gasteiger charge is -2.32. The van der Waals surface area contributed by atoms with Gasteiger partial charge in [-0.15, -0.1) is 24.0 Å². The first-order valence-electron chi connectivity index (χ1n) is 7.35. The van der Waals surface area contributed by atoms with Crippen molar-refractivity contribution in [1.29, 1.82) is 0 Å². The van der Waals surface area contributed by atoms with Crippen LogP contribution in [-0.2, 0) is 0 Å². The van der Waals surface area contributed by atoms with E-state index in [2.05, 4.69) is 29.5 Å². The van der Waals surface area contributed by atoms with Crippen molar-refractivity contribution in [3.05, 3.63) is 0 Å². The molecular formula is C14H28IN3. The standard InChI is InChI=1S/C14H27N3.HI/c1-3-15-14(16-12-7-5-8-12)17-13-9-4-6-11(2)10-13;/h11-13H,3-10H2,1-2H3,(H2,15,16,17);1H. The van der Waals surface area contributed by atoms with E-state index in [1.165, 1.54) is 44.9 Å². The summed E-state index contributed by atoms with van der Waals surface area (Å²) in [6.07, 6.45) is 9.36. The number of halogens is 1. The first-order chi connectivity index (χ1) is 8.28. The number of rotatable bonds is 3. The molecule has 2 aliphatic carbocycles. The van der Waals surface area contributed by atoms with Gasteiger partial charge in [-0.2, -0.15) is 0 Å². The van der Waals surface area contributed by atoms with E-state index >= 15 is 0 Å². The van der Waals surface area contributed by atoms with E-state index in [4.69, 9.17) is 0 Å². The number of aliphatic imine (C=N–C) groups is 1. The normalized spacial score (nSPS) is 29.1. The molecule has 2 atom stereocenters. The average Bonchev–Trinajstić information content (AvgIpc) is 2.23. The van der Waals surface area contributed by atoms with Crippen molar-refractivity contribution in [3.8, 4) is 0 Å². The van der Waals surface area contributed by atoms with Crippen LogP contribution < -0.4 is 10.6 Å². The second kappa shape index (κ2) is 8.23. The largest absolute Gasteiger partial charge is 0.354 e. The third-order valence-electron chi connectivity index (χ3n) is 4.04. The zero-order valence-corrected chi connectivity index (χ0v) is 14.1. The molecule has 0 aromatic carbocycles. The van der Waals surface area contributed by atoms with Crippen molar-refractivity contribution in [2.75, 3.05) is 6.54 Å². The molecule has 0 aromatic rings. The van der Waals surface area contributed by atoms with E-state index in [0.717, 1.165) is 18.4 Å². The van der Waals surface area contributed by atoms with Crippen LogP contribution in [0.2, 0.25) is 0 Å². The number of hydrogen-bond donors (Lipinski definition) is 2. The lowest BCUT2D eigenvalue weighted by atomic mass is 9.87. The highest BCUT2D eigenvalue weighted by Crippen LogP contribution is 2.23.